The number of benzene rings is 1. The van der Waals surface area contributed by atoms with Gasteiger partial charge in [-0.2, -0.15) is 13.2 Å². The summed E-state index contributed by atoms with van der Waals surface area (Å²) in [7, 11) is 3.06. The fraction of sp³-hybridized carbons (Fsp3) is 0.571. The third-order valence-electron chi connectivity index (χ3n) is 3.99. The molecule has 0 saturated carbocycles. The van der Waals surface area contributed by atoms with Crippen molar-refractivity contribution in [1.29, 1.82) is 0 Å². The second-order valence-electron chi connectivity index (χ2n) is 5.93. The zero-order valence-electron chi connectivity index (χ0n) is 18.1. The van der Waals surface area contributed by atoms with E-state index in [0.717, 1.165) is 6.54 Å². The van der Waals surface area contributed by atoms with Crippen LogP contribution in [0, 0.1) is 18.8 Å². The molecule has 0 saturated heterocycles. The van der Waals surface area contributed by atoms with E-state index in [-0.39, 0.29) is 12.4 Å². The van der Waals surface area contributed by atoms with Gasteiger partial charge in [-0.05, 0) is 32.4 Å². The van der Waals surface area contributed by atoms with Crippen molar-refractivity contribution in [2.45, 2.75) is 46.4 Å². The first-order chi connectivity index (χ1) is 13.6. The Kier molecular flexibility index (Phi) is 11.4. The molecule has 1 unspecified atom stereocenters. The monoisotopic (exact) mass is 416 g/mol. The first kappa shape index (κ1) is 26.8. The lowest BCUT2D eigenvalue weighted by Gasteiger charge is -2.32. The van der Waals surface area contributed by atoms with Crippen LogP contribution in [0.3, 0.4) is 0 Å². The van der Waals surface area contributed by atoms with E-state index < -0.39 is 23.9 Å². The van der Waals surface area contributed by atoms with E-state index in [0.29, 0.717) is 11.3 Å². The Bertz CT molecular complexity index is 724. The number of methoxy groups -OCH3 is 1. The minimum Gasteiger partial charge on any atom is -0.496 e. The normalized spacial score (nSPS) is 13.1. The number of halogens is 3. The highest BCUT2D eigenvalue weighted by molar-refractivity contribution is 5.65. The van der Waals surface area contributed by atoms with Crippen LogP contribution in [0.2, 0.25) is 0 Å². The number of nitrogens with zero attached hydrogens (tertiary/aromatic N) is 2. The molecular formula is C21H31F3N2O3. The predicted molar refractivity (Wildman–Crippen MR) is 110 cm³/mol. The quantitative estimate of drug-likeness (QED) is 0.295. The maximum Gasteiger partial charge on any atom is 0.423 e. The van der Waals surface area contributed by atoms with Gasteiger partial charge >= 0.3 is 6.18 Å². The molecule has 1 atom stereocenters. The number of alkyl halides is 3. The molecule has 1 aromatic rings. The van der Waals surface area contributed by atoms with Crippen LogP contribution in [0.1, 0.15) is 38.8 Å². The van der Waals surface area contributed by atoms with E-state index in [1.54, 1.807) is 20.2 Å². The van der Waals surface area contributed by atoms with Crippen LogP contribution in [0.25, 0.3) is 0 Å². The molecule has 0 aliphatic rings. The van der Waals surface area contributed by atoms with Gasteiger partial charge in [0, 0.05) is 25.2 Å². The molecule has 0 heterocycles. The highest BCUT2D eigenvalue weighted by Crippen LogP contribution is 2.45. The van der Waals surface area contributed by atoms with Gasteiger partial charge in [-0.1, -0.05) is 19.8 Å². The van der Waals surface area contributed by atoms with E-state index >= 15 is 0 Å². The summed E-state index contributed by atoms with van der Waals surface area (Å²) in [5, 5.41) is 10.5. The Morgan fingerprint density at radius 3 is 2.38 bits per heavy atom. The molecule has 1 rings (SSSR count). The Morgan fingerprint density at radius 1 is 1.28 bits per heavy atom. The Morgan fingerprint density at radius 2 is 1.90 bits per heavy atom. The first-order valence-corrected chi connectivity index (χ1v) is 9.30. The van der Waals surface area contributed by atoms with Gasteiger partial charge in [-0.25, -0.2) is 4.99 Å². The van der Waals surface area contributed by atoms with Crippen molar-refractivity contribution in [2.75, 3.05) is 33.9 Å². The SMILES string of the molecule is CC.CC#CCOCC(O)(c1cc(C)c(N=CN(C)CC)cc1OC)C(F)(F)F. The number of aliphatic imine (C=N–C) groups is 1. The smallest absolute Gasteiger partial charge is 0.423 e. The maximum atomic E-state index is 13.7. The number of aliphatic hydroxyl groups is 1. The first-order valence-electron chi connectivity index (χ1n) is 9.30. The molecule has 29 heavy (non-hydrogen) atoms. The van der Waals surface area contributed by atoms with Crippen molar-refractivity contribution in [3.8, 4) is 17.6 Å². The molecule has 5 nitrogen and oxygen atoms in total. The summed E-state index contributed by atoms with van der Waals surface area (Å²) in [4.78, 5) is 6.08. The fourth-order valence-corrected chi connectivity index (χ4v) is 2.19. The second kappa shape index (κ2) is 12.3. The lowest BCUT2D eigenvalue weighted by Crippen LogP contribution is -2.46. The van der Waals surface area contributed by atoms with E-state index in [1.807, 2.05) is 32.7 Å². The van der Waals surface area contributed by atoms with Gasteiger partial charge in [-0.3, -0.25) is 0 Å². The van der Waals surface area contributed by atoms with Crippen LogP contribution in [-0.4, -0.2) is 56.4 Å². The van der Waals surface area contributed by atoms with Gasteiger partial charge in [-0.15, -0.1) is 5.92 Å². The van der Waals surface area contributed by atoms with Crippen LogP contribution in [-0.2, 0) is 10.3 Å². The van der Waals surface area contributed by atoms with Crippen LogP contribution in [0.15, 0.2) is 17.1 Å². The topological polar surface area (TPSA) is 54.3 Å². The van der Waals surface area contributed by atoms with Gasteiger partial charge < -0.3 is 19.5 Å². The molecule has 8 heteroatoms. The van der Waals surface area contributed by atoms with Crippen LogP contribution in [0.4, 0.5) is 18.9 Å². The van der Waals surface area contributed by atoms with Crippen LogP contribution >= 0.6 is 0 Å². The molecule has 0 radical (unpaired) electrons. The zero-order valence-corrected chi connectivity index (χ0v) is 18.1. The minimum absolute atomic E-state index is 0.128. The summed E-state index contributed by atoms with van der Waals surface area (Å²) < 4.78 is 51.1. The number of ether oxygens (including phenoxy) is 2. The molecule has 0 aliphatic carbocycles. The average molecular weight is 416 g/mol. The van der Waals surface area contributed by atoms with Crippen LogP contribution < -0.4 is 4.74 Å². The van der Waals surface area contributed by atoms with E-state index in [9.17, 15) is 18.3 Å². The molecule has 0 fully saturated rings. The van der Waals surface area contributed by atoms with E-state index in [4.69, 9.17) is 9.47 Å². The third-order valence-corrected chi connectivity index (χ3v) is 3.99. The maximum absolute atomic E-state index is 13.7. The molecule has 164 valence electrons. The van der Waals surface area contributed by atoms with Crippen molar-refractivity contribution in [3.05, 3.63) is 23.3 Å². The molecule has 0 aliphatic heterocycles. The zero-order chi connectivity index (χ0) is 22.7. The molecule has 0 bridgehead atoms. The standard InChI is InChI=1S/C19H25F3N2O3.C2H6/c1-6-8-9-27-12-18(25,19(20,21)22)15-10-14(3)16(11-17(15)26-5)23-13-24(4)7-2;1-2/h10-11,13,25H,7,9,12H2,1-5H3;1-2H3. The van der Waals surface area contributed by atoms with E-state index in [1.165, 1.54) is 19.2 Å². The Balaban J connectivity index is 0.00000379. The molecular weight excluding hydrogens is 385 g/mol. The van der Waals surface area contributed by atoms with Gasteiger partial charge in [0.15, 0.2) is 0 Å². The summed E-state index contributed by atoms with van der Waals surface area (Å²) in [6, 6.07) is 2.59. The predicted octanol–water partition coefficient (Wildman–Crippen LogP) is 4.43. The lowest BCUT2D eigenvalue weighted by atomic mass is 9.91. The summed E-state index contributed by atoms with van der Waals surface area (Å²) >= 11 is 0. The second-order valence-corrected chi connectivity index (χ2v) is 5.93. The van der Waals surface area contributed by atoms with Crippen molar-refractivity contribution in [2.24, 2.45) is 4.99 Å². The van der Waals surface area contributed by atoms with Gasteiger partial charge in [0.25, 0.3) is 0 Å². The summed E-state index contributed by atoms with van der Waals surface area (Å²) in [6.45, 7) is 8.60. The van der Waals surface area contributed by atoms with Crippen LogP contribution in [0.5, 0.6) is 5.75 Å². The minimum atomic E-state index is -4.97. The largest absolute Gasteiger partial charge is 0.496 e. The molecule has 0 amide bonds. The van der Waals surface area contributed by atoms with Gasteiger partial charge in [0.2, 0.25) is 5.60 Å². The Labute approximate surface area is 171 Å². The Hall–Kier alpha value is -2.24. The highest BCUT2D eigenvalue weighted by atomic mass is 19.4. The van der Waals surface area contributed by atoms with Crippen molar-refractivity contribution >= 4 is 12.0 Å². The summed E-state index contributed by atoms with van der Waals surface area (Å²) in [6.07, 6.45) is -3.40. The summed E-state index contributed by atoms with van der Waals surface area (Å²) in [5.41, 5.74) is -2.76. The number of rotatable bonds is 8. The van der Waals surface area contributed by atoms with Crippen molar-refractivity contribution in [3.63, 3.8) is 0 Å². The lowest BCUT2D eigenvalue weighted by molar-refractivity contribution is -0.281. The number of hydrogen-bond acceptors (Lipinski definition) is 4. The number of hydrogen-bond donors (Lipinski definition) is 1. The molecule has 1 N–H and O–H groups in total. The summed E-state index contributed by atoms with van der Waals surface area (Å²) in [5.74, 6) is 4.89. The van der Waals surface area contributed by atoms with E-state index in [2.05, 4.69) is 16.8 Å². The third kappa shape index (κ3) is 7.26. The number of aryl methyl sites for hydroxylation is 1. The highest BCUT2D eigenvalue weighted by Gasteiger charge is 2.56. The molecule has 1 aromatic carbocycles. The van der Waals surface area contributed by atoms with Crippen molar-refractivity contribution < 1.29 is 27.8 Å². The average Bonchev–Trinajstić information content (AvgIpc) is 2.70. The van der Waals surface area contributed by atoms with Crippen molar-refractivity contribution in [1.82, 2.24) is 4.90 Å². The molecule has 0 spiro atoms. The van der Waals surface area contributed by atoms with Gasteiger partial charge in [0.1, 0.15) is 12.4 Å². The van der Waals surface area contributed by atoms with Gasteiger partial charge in [0.05, 0.1) is 25.7 Å². The molecule has 0 aromatic heterocycles. The fourth-order valence-electron chi connectivity index (χ4n) is 2.19.